The van der Waals surface area contributed by atoms with Crippen molar-refractivity contribution in [3.63, 3.8) is 0 Å². The third-order valence-electron chi connectivity index (χ3n) is 3.17. The second kappa shape index (κ2) is 5.65. The van der Waals surface area contributed by atoms with Gasteiger partial charge in [-0.15, -0.1) is 0 Å². The summed E-state index contributed by atoms with van der Waals surface area (Å²) in [6.45, 7) is 2.79. The summed E-state index contributed by atoms with van der Waals surface area (Å²) < 4.78 is 0.829. The summed E-state index contributed by atoms with van der Waals surface area (Å²) in [5.74, 6) is -0.776. The smallest absolute Gasteiger partial charge is 0.299 e. The van der Waals surface area contributed by atoms with Crippen LogP contribution >= 0.6 is 15.9 Å². The molecule has 0 atom stereocenters. The Morgan fingerprint density at radius 2 is 1.94 bits per heavy atom. The summed E-state index contributed by atoms with van der Waals surface area (Å²) in [5.41, 5.74) is 1.27. The maximum atomic E-state index is 11.9. The minimum atomic E-state index is -0.389. The number of nitrogens with zero attached hydrogens (tertiary/aromatic N) is 1. The largest absolute Gasteiger partial charge is 0.305 e. The highest BCUT2D eigenvalue weighted by Crippen LogP contribution is 2.31. The van der Waals surface area contributed by atoms with Gasteiger partial charge in [0.1, 0.15) is 0 Å². The Bertz CT molecular complexity index is 485. The molecule has 1 amide bonds. The normalized spacial score (nSPS) is 14.2. The zero-order chi connectivity index (χ0) is 13.1. The molecule has 0 fully saturated rings. The van der Waals surface area contributed by atoms with Crippen LogP contribution in [0, 0.1) is 0 Å². The second-order valence-corrected chi connectivity index (χ2v) is 5.42. The fourth-order valence-corrected chi connectivity index (χ4v) is 2.55. The Labute approximate surface area is 115 Å². The summed E-state index contributed by atoms with van der Waals surface area (Å²) >= 11 is 3.32. The fraction of sp³-hybridized carbons (Fsp3) is 0.429. The van der Waals surface area contributed by atoms with Gasteiger partial charge in [-0.2, -0.15) is 0 Å². The molecule has 3 nitrogen and oxygen atoms in total. The molecule has 96 valence electrons. The molecule has 0 saturated carbocycles. The number of halogens is 1. The van der Waals surface area contributed by atoms with E-state index < -0.39 is 0 Å². The van der Waals surface area contributed by atoms with Crippen LogP contribution in [0.5, 0.6) is 0 Å². The van der Waals surface area contributed by atoms with Crippen molar-refractivity contribution >= 4 is 33.3 Å². The van der Waals surface area contributed by atoms with E-state index in [0.717, 1.165) is 29.4 Å². The lowest BCUT2D eigenvalue weighted by Crippen LogP contribution is -2.30. The first-order valence-electron chi connectivity index (χ1n) is 6.31. The molecule has 2 rings (SSSR count). The van der Waals surface area contributed by atoms with E-state index in [2.05, 4.69) is 22.9 Å². The first-order valence-corrected chi connectivity index (χ1v) is 7.10. The van der Waals surface area contributed by atoms with E-state index in [4.69, 9.17) is 0 Å². The summed E-state index contributed by atoms with van der Waals surface area (Å²) in [5, 5.41) is 0. The number of amides is 1. The standard InChI is InChI=1S/C14H16BrNO2/c1-2-3-4-5-8-16-12-7-6-10(15)9-11(12)13(17)14(16)18/h6-7,9H,2-5,8H2,1H3. The number of rotatable bonds is 5. The van der Waals surface area contributed by atoms with Crippen LogP contribution in [-0.4, -0.2) is 18.2 Å². The third kappa shape index (κ3) is 2.48. The molecule has 0 bridgehead atoms. The van der Waals surface area contributed by atoms with Gasteiger partial charge in [0.05, 0.1) is 11.3 Å². The average molecular weight is 310 g/mol. The van der Waals surface area contributed by atoms with E-state index in [-0.39, 0.29) is 11.7 Å². The maximum absolute atomic E-state index is 11.9. The third-order valence-corrected chi connectivity index (χ3v) is 3.66. The number of Topliss-reactive ketones (excluding diaryl/α,β-unsaturated/α-hetero) is 1. The van der Waals surface area contributed by atoms with Crippen LogP contribution in [0.3, 0.4) is 0 Å². The molecule has 0 aromatic heterocycles. The van der Waals surface area contributed by atoms with Crippen LogP contribution in [0.15, 0.2) is 22.7 Å². The molecule has 18 heavy (non-hydrogen) atoms. The van der Waals surface area contributed by atoms with E-state index >= 15 is 0 Å². The van der Waals surface area contributed by atoms with Crippen molar-refractivity contribution in [2.45, 2.75) is 32.6 Å². The van der Waals surface area contributed by atoms with Crippen LogP contribution < -0.4 is 4.90 Å². The van der Waals surface area contributed by atoms with E-state index in [0.29, 0.717) is 12.1 Å². The van der Waals surface area contributed by atoms with Gasteiger partial charge < -0.3 is 4.90 Å². The highest BCUT2D eigenvalue weighted by Gasteiger charge is 2.35. The molecule has 0 aliphatic carbocycles. The second-order valence-electron chi connectivity index (χ2n) is 4.51. The summed E-state index contributed by atoms with van der Waals surface area (Å²) in [4.78, 5) is 25.3. The number of carbonyl (C=O) groups excluding carboxylic acids is 2. The van der Waals surface area contributed by atoms with Crippen LogP contribution in [0.4, 0.5) is 5.69 Å². The van der Waals surface area contributed by atoms with E-state index in [1.165, 1.54) is 6.42 Å². The van der Waals surface area contributed by atoms with Crippen molar-refractivity contribution in [2.75, 3.05) is 11.4 Å². The molecule has 0 unspecified atom stereocenters. The van der Waals surface area contributed by atoms with Crippen molar-refractivity contribution in [2.24, 2.45) is 0 Å². The molecular formula is C14H16BrNO2. The lowest BCUT2D eigenvalue weighted by atomic mass is 10.1. The fourth-order valence-electron chi connectivity index (χ4n) is 2.19. The van der Waals surface area contributed by atoms with Crippen molar-refractivity contribution < 1.29 is 9.59 Å². The van der Waals surface area contributed by atoms with Crippen LogP contribution in [0.25, 0.3) is 0 Å². The summed E-state index contributed by atoms with van der Waals surface area (Å²) in [6.07, 6.45) is 4.38. The highest BCUT2D eigenvalue weighted by atomic mass is 79.9. The Balaban J connectivity index is 2.13. The van der Waals surface area contributed by atoms with Gasteiger partial charge in [0.25, 0.3) is 11.7 Å². The van der Waals surface area contributed by atoms with E-state index in [1.807, 2.05) is 12.1 Å². The number of fused-ring (bicyclic) bond motifs is 1. The van der Waals surface area contributed by atoms with Gasteiger partial charge in [-0.1, -0.05) is 42.1 Å². The minimum Gasteiger partial charge on any atom is -0.305 e. The number of carbonyl (C=O) groups is 2. The Morgan fingerprint density at radius 3 is 2.67 bits per heavy atom. The van der Waals surface area contributed by atoms with Crippen molar-refractivity contribution in [1.29, 1.82) is 0 Å². The van der Waals surface area contributed by atoms with Crippen molar-refractivity contribution in [3.05, 3.63) is 28.2 Å². The number of benzene rings is 1. The molecule has 0 radical (unpaired) electrons. The van der Waals surface area contributed by atoms with Gasteiger partial charge in [0, 0.05) is 11.0 Å². The number of ketones is 1. The first kappa shape index (κ1) is 13.3. The SMILES string of the molecule is CCCCCCN1C(=O)C(=O)c2cc(Br)ccc21. The average Bonchev–Trinajstić information content (AvgIpc) is 2.59. The van der Waals surface area contributed by atoms with Gasteiger partial charge in [-0.05, 0) is 24.6 Å². The predicted octanol–water partition coefficient (Wildman–Crippen LogP) is 3.56. The zero-order valence-corrected chi connectivity index (χ0v) is 12.0. The summed E-state index contributed by atoms with van der Waals surface area (Å²) in [7, 11) is 0. The minimum absolute atomic E-state index is 0.387. The van der Waals surface area contributed by atoms with Crippen LogP contribution in [-0.2, 0) is 4.79 Å². The lowest BCUT2D eigenvalue weighted by Gasteiger charge is -2.16. The molecule has 1 heterocycles. The topological polar surface area (TPSA) is 37.4 Å². The number of hydrogen-bond donors (Lipinski definition) is 0. The van der Waals surface area contributed by atoms with Gasteiger partial charge in [-0.25, -0.2) is 0 Å². The summed E-state index contributed by atoms with van der Waals surface area (Å²) in [6, 6.07) is 5.42. The predicted molar refractivity (Wildman–Crippen MR) is 75.0 cm³/mol. The van der Waals surface area contributed by atoms with Crippen molar-refractivity contribution in [3.8, 4) is 0 Å². The van der Waals surface area contributed by atoms with Gasteiger partial charge in [0.15, 0.2) is 0 Å². The molecule has 0 N–H and O–H groups in total. The van der Waals surface area contributed by atoms with Gasteiger partial charge >= 0.3 is 0 Å². The van der Waals surface area contributed by atoms with Crippen molar-refractivity contribution in [1.82, 2.24) is 0 Å². The molecule has 1 aliphatic heterocycles. The quantitative estimate of drug-likeness (QED) is 0.616. The molecular weight excluding hydrogens is 294 g/mol. The highest BCUT2D eigenvalue weighted by molar-refractivity contribution is 9.10. The Hall–Kier alpha value is -1.16. The molecule has 4 heteroatoms. The van der Waals surface area contributed by atoms with Gasteiger partial charge in [-0.3, -0.25) is 9.59 Å². The Kier molecular flexibility index (Phi) is 4.17. The van der Waals surface area contributed by atoms with Crippen LogP contribution in [0.2, 0.25) is 0 Å². The molecule has 0 spiro atoms. The van der Waals surface area contributed by atoms with Crippen LogP contribution in [0.1, 0.15) is 43.0 Å². The molecule has 0 saturated heterocycles. The Morgan fingerprint density at radius 1 is 1.17 bits per heavy atom. The first-order chi connectivity index (χ1) is 8.65. The number of hydrogen-bond acceptors (Lipinski definition) is 2. The number of unbranched alkanes of at least 4 members (excludes halogenated alkanes) is 3. The molecule has 1 aliphatic rings. The zero-order valence-electron chi connectivity index (χ0n) is 10.4. The number of anilines is 1. The maximum Gasteiger partial charge on any atom is 0.299 e. The molecule has 1 aromatic rings. The van der Waals surface area contributed by atoms with E-state index in [9.17, 15) is 9.59 Å². The van der Waals surface area contributed by atoms with E-state index in [1.54, 1.807) is 11.0 Å². The monoisotopic (exact) mass is 309 g/mol. The lowest BCUT2D eigenvalue weighted by molar-refractivity contribution is -0.114. The van der Waals surface area contributed by atoms with Gasteiger partial charge in [0.2, 0.25) is 0 Å². The molecule has 1 aromatic carbocycles.